The largest absolute Gasteiger partial charge is 0.460 e. The number of aliphatic hydroxyl groups excluding tert-OH is 2. The first-order valence-corrected chi connectivity index (χ1v) is 15.7. The van der Waals surface area contributed by atoms with E-state index in [0.717, 1.165) is 33.6 Å². The van der Waals surface area contributed by atoms with Crippen molar-refractivity contribution in [3.63, 3.8) is 0 Å². The van der Waals surface area contributed by atoms with Gasteiger partial charge < -0.3 is 25.2 Å². The number of nitrogens with zero attached hydrogens (tertiary/aromatic N) is 3. The lowest BCUT2D eigenvalue weighted by atomic mass is 10.1. The fourth-order valence-corrected chi connectivity index (χ4v) is 7.50. The zero-order valence-corrected chi connectivity index (χ0v) is 24.6. The van der Waals surface area contributed by atoms with Gasteiger partial charge in [-0.05, 0) is 23.9 Å². The number of nitrogens with one attached hydrogen (secondary N) is 1. The highest BCUT2D eigenvalue weighted by molar-refractivity contribution is 8.00. The first-order valence-electron chi connectivity index (χ1n) is 13.3. The number of esters is 1. The number of aromatic nitrogens is 3. The lowest BCUT2D eigenvalue weighted by Crippen LogP contribution is -2.37. The molecule has 1 aromatic heterocycles. The summed E-state index contributed by atoms with van der Waals surface area (Å²) in [6.07, 6.45) is -1.65. The molecule has 0 saturated carbocycles. The maximum absolute atomic E-state index is 14.2. The van der Waals surface area contributed by atoms with Gasteiger partial charge in [0, 0.05) is 5.39 Å². The van der Waals surface area contributed by atoms with Crippen LogP contribution in [0.2, 0.25) is 0 Å². The minimum atomic E-state index is -4.32. The normalized spacial score (nSPS) is 22.1. The number of hydrogen-bond donors (Lipinski definition) is 4. The number of fused-ring (bicyclic) bond motifs is 1. The molecule has 2 heterocycles. The van der Waals surface area contributed by atoms with Gasteiger partial charge in [0.1, 0.15) is 36.2 Å². The third-order valence-corrected chi connectivity index (χ3v) is 9.84. The molecule has 0 bridgehead atoms. The monoisotopic (exact) mass is 627 g/mol. The van der Waals surface area contributed by atoms with E-state index < -0.39 is 48.3 Å². The van der Waals surface area contributed by atoms with E-state index in [1.807, 2.05) is 36.4 Å². The number of nitrogens with two attached hydrogens (primary N) is 1. The molecule has 1 unspecified atom stereocenters. The first kappa shape index (κ1) is 30.7. The maximum Gasteiger partial charge on any atom is 0.459 e. The molecule has 5 rings (SSSR count). The van der Waals surface area contributed by atoms with Crippen molar-refractivity contribution < 1.29 is 33.4 Å². The van der Waals surface area contributed by atoms with Crippen LogP contribution in [0.1, 0.15) is 17.9 Å². The van der Waals surface area contributed by atoms with E-state index in [4.69, 9.17) is 19.5 Å². The molecular weight excluding hydrogens is 597 g/mol. The van der Waals surface area contributed by atoms with Gasteiger partial charge in [0.15, 0.2) is 0 Å². The molecule has 13 nitrogen and oxygen atoms in total. The zero-order valence-electron chi connectivity index (χ0n) is 22.9. The molecule has 1 saturated heterocycles. The van der Waals surface area contributed by atoms with E-state index in [1.165, 1.54) is 6.92 Å². The van der Waals surface area contributed by atoms with E-state index in [9.17, 15) is 24.4 Å². The second-order valence-electron chi connectivity index (χ2n) is 9.76. The average molecular weight is 628 g/mol. The third-order valence-electron chi connectivity index (χ3n) is 6.66. The second-order valence-corrected chi connectivity index (χ2v) is 12.8. The molecule has 1 fully saturated rings. The van der Waals surface area contributed by atoms with Crippen molar-refractivity contribution >= 4 is 42.2 Å². The Morgan fingerprint density at radius 1 is 1.09 bits per heavy atom. The van der Waals surface area contributed by atoms with Gasteiger partial charge in [-0.25, -0.2) is 14.3 Å². The van der Waals surface area contributed by atoms with Crippen molar-refractivity contribution in [2.24, 2.45) is 0 Å². The van der Waals surface area contributed by atoms with Crippen molar-refractivity contribution in [3.8, 4) is 5.75 Å². The van der Waals surface area contributed by atoms with Crippen molar-refractivity contribution in [1.29, 1.82) is 0 Å². The van der Waals surface area contributed by atoms with Crippen LogP contribution in [0, 0.1) is 0 Å². The third kappa shape index (κ3) is 7.24. The van der Waals surface area contributed by atoms with E-state index in [-0.39, 0.29) is 24.9 Å². The smallest absolute Gasteiger partial charge is 0.459 e. The van der Waals surface area contributed by atoms with Gasteiger partial charge in [0.05, 0.1) is 18.0 Å². The summed E-state index contributed by atoms with van der Waals surface area (Å²) in [4.78, 5) is 32.5. The van der Waals surface area contributed by atoms with E-state index in [0.29, 0.717) is 5.39 Å². The fourth-order valence-electron chi connectivity index (χ4n) is 4.44. The Labute approximate surface area is 250 Å². The van der Waals surface area contributed by atoms with Crippen LogP contribution in [0.25, 0.3) is 10.8 Å². The first-order chi connectivity index (χ1) is 20.6. The Bertz CT molecular complexity index is 1690. The Morgan fingerprint density at radius 2 is 1.81 bits per heavy atom. The fraction of sp³-hybridized carbons (Fsp3) is 0.286. The summed E-state index contributed by atoms with van der Waals surface area (Å²) in [6, 6.07) is 20.5. The van der Waals surface area contributed by atoms with Crippen LogP contribution < -0.4 is 21.0 Å². The van der Waals surface area contributed by atoms with Gasteiger partial charge in [0.2, 0.25) is 5.95 Å². The van der Waals surface area contributed by atoms with Crippen LogP contribution in [0.3, 0.4) is 0 Å². The number of thioether (sulfide) groups is 1. The molecular formula is C28H30N5O8PS. The van der Waals surface area contributed by atoms with Crippen molar-refractivity contribution in [3.05, 3.63) is 95.2 Å². The molecule has 4 aromatic rings. The molecule has 6 atom stereocenters. The highest BCUT2D eigenvalue weighted by Gasteiger charge is 2.45. The number of benzene rings is 3. The van der Waals surface area contributed by atoms with Crippen LogP contribution >= 0.6 is 19.5 Å². The summed E-state index contributed by atoms with van der Waals surface area (Å²) in [7, 11) is -4.32. The van der Waals surface area contributed by atoms with Crippen LogP contribution in [0.15, 0.2) is 83.9 Å². The van der Waals surface area contributed by atoms with Gasteiger partial charge >= 0.3 is 19.4 Å². The van der Waals surface area contributed by atoms with E-state index >= 15 is 0 Å². The summed E-state index contributed by atoms with van der Waals surface area (Å²) in [5.41, 5.74) is 5.48. The minimum absolute atomic E-state index is 0.0133. The van der Waals surface area contributed by atoms with Gasteiger partial charge in [0.25, 0.3) is 0 Å². The van der Waals surface area contributed by atoms with Crippen LogP contribution in [-0.4, -0.2) is 60.8 Å². The molecule has 5 N–H and O–H groups in total. The van der Waals surface area contributed by atoms with Gasteiger partial charge in [-0.2, -0.15) is 10.1 Å². The van der Waals surface area contributed by atoms with Crippen LogP contribution in [0.5, 0.6) is 5.75 Å². The number of rotatable bonds is 11. The topological polar surface area (TPSA) is 188 Å². The molecule has 0 spiro atoms. The lowest BCUT2D eigenvalue weighted by molar-refractivity contribution is -0.146. The lowest BCUT2D eigenvalue weighted by Gasteiger charge is -2.25. The predicted molar refractivity (Wildman–Crippen MR) is 160 cm³/mol. The molecule has 0 radical (unpaired) electrons. The number of aliphatic hydroxyl groups is 2. The second kappa shape index (κ2) is 13.2. The molecule has 1 aliphatic rings. The standard InChI is InChI=1S/C28H30N5O8PS/c1-17(26(36)39-14-18-8-3-2-4-9-18)32-42(38,41-21-13-7-11-19-10-5-6-12-20(19)21)40-15-22-23(34)24(35)25(43-22)33-16-30-27(29)31-28(33)37/h2-13,16-17,22-25,34-35H,14-15H2,1H3,(H,32,38)(H2,29,31,37)/t17-,22+,23-,24-,25+,42?/m0/s1. The molecule has 3 aromatic carbocycles. The summed E-state index contributed by atoms with van der Waals surface area (Å²) in [6.45, 7) is 1.09. The molecule has 15 heteroatoms. The maximum atomic E-state index is 14.2. The predicted octanol–water partition coefficient (Wildman–Crippen LogP) is 2.63. The number of anilines is 1. The molecule has 226 valence electrons. The van der Waals surface area contributed by atoms with Crippen LogP contribution in [-0.2, 0) is 25.2 Å². The quantitative estimate of drug-likeness (QED) is 0.140. The highest BCUT2D eigenvalue weighted by atomic mass is 32.2. The number of hydrogen-bond acceptors (Lipinski definition) is 12. The van der Waals surface area contributed by atoms with Crippen LogP contribution in [0.4, 0.5) is 5.95 Å². The summed E-state index contributed by atoms with van der Waals surface area (Å²) in [5, 5.41) is 23.7. The van der Waals surface area contributed by atoms with Crippen molar-refractivity contribution in [2.45, 2.75) is 42.4 Å². The average Bonchev–Trinajstić information content (AvgIpc) is 3.28. The molecule has 1 aliphatic heterocycles. The number of ether oxygens (including phenoxy) is 1. The van der Waals surface area contributed by atoms with Gasteiger partial charge in [-0.1, -0.05) is 66.7 Å². The van der Waals surface area contributed by atoms with Gasteiger partial charge in [-0.15, -0.1) is 11.8 Å². The van der Waals surface area contributed by atoms with Crippen molar-refractivity contribution in [2.75, 3.05) is 12.3 Å². The molecule has 0 amide bonds. The Kier molecular flexibility index (Phi) is 9.45. The van der Waals surface area contributed by atoms with Gasteiger partial charge in [-0.3, -0.25) is 13.9 Å². The minimum Gasteiger partial charge on any atom is -0.460 e. The molecule has 0 aliphatic carbocycles. The highest BCUT2D eigenvalue weighted by Crippen LogP contribution is 2.49. The Balaban J connectivity index is 1.34. The SMILES string of the molecule is C[C@H](NP(=O)(OC[C@H]1S[C@@H](n2cnc(N)nc2=O)[C@@H](O)[C@H]1O)Oc1cccc2ccccc12)C(=O)OCc1ccccc1. The number of carbonyl (C=O) groups excluding carboxylic acids is 1. The molecule has 43 heavy (non-hydrogen) atoms. The Hall–Kier alpha value is -3.78. The zero-order chi connectivity index (χ0) is 30.6. The summed E-state index contributed by atoms with van der Waals surface area (Å²) >= 11 is 1.00. The van der Waals surface area contributed by atoms with E-state index in [2.05, 4.69) is 15.1 Å². The summed E-state index contributed by atoms with van der Waals surface area (Å²) < 4.78 is 32.4. The Morgan fingerprint density at radius 3 is 2.58 bits per heavy atom. The summed E-state index contributed by atoms with van der Waals surface area (Å²) in [5.74, 6) is -0.683. The van der Waals surface area contributed by atoms with E-state index in [1.54, 1.807) is 36.4 Å². The number of carbonyl (C=O) groups is 1. The van der Waals surface area contributed by atoms with Crippen molar-refractivity contribution in [1.82, 2.24) is 19.6 Å². The number of nitrogen functional groups attached to an aromatic ring is 1.